The van der Waals surface area contributed by atoms with Gasteiger partial charge >= 0.3 is 6.09 Å². The molecule has 2 atom stereocenters. The van der Waals surface area contributed by atoms with E-state index in [1.165, 1.54) is 0 Å². The van der Waals surface area contributed by atoms with E-state index in [1.54, 1.807) is 16.7 Å². The molecule has 0 radical (unpaired) electrons. The molecular formula is C21H29N3O4. The maximum Gasteiger partial charge on any atom is 0.409 e. The summed E-state index contributed by atoms with van der Waals surface area (Å²) < 4.78 is 5.00. The molecule has 28 heavy (non-hydrogen) atoms. The molecule has 0 bridgehead atoms. The van der Waals surface area contributed by atoms with Crippen molar-refractivity contribution >= 4 is 23.6 Å². The average Bonchev–Trinajstić information content (AvgIpc) is 3.49. The first-order chi connectivity index (χ1) is 13.4. The molecule has 2 fully saturated rings. The van der Waals surface area contributed by atoms with Crippen LogP contribution in [-0.2, 0) is 14.3 Å². The lowest BCUT2D eigenvalue weighted by molar-refractivity contribution is -0.135. The number of amides is 3. The van der Waals surface area contributed by atoms with Gasteiger partial charge in [-0.25, -0.2) is 4.79 Å². The van der Waals surface area contributed by atoms with E-state index in [4.69, 9.17) is 4.74 Å². The summed E-state index contributed by atoms with van der Waals surface area (Å²) in [6, 6.07) is 7.78. The molecule has 2 aliphatic rings. The molecule has 7 heteroatoms. The van der Waals surface area contributed by atoms with Crippen LogP contribution in [0, 0.1) is 11.8 Å². The molecule has 1 N–H and O–H groups in total. The van der Waals surface area contributed by atoms with Crippen molar-refractivity contribution in [1.82, 2.24) is 9.80 Å². The van der Waals surface area contributed by atoms with Gasteiger partial charge in [0.05, 0.1) is 18.4 Å². The monoisotopic (exact) mass is 387 g/mol. The van der Waals surface area contributed by atoms with Gasteiger partial charge in [0.15, 0.2) is 0 Å². The number of hydrogen-bond acceptors (Lipinski definition) is 4. The molecule has 0 aromatic heterocycles. The van der Waals surface area contributed by atoms with Crippen LogP contribution in [0.25, 0.3) is 0 Å². The van der Waals surface area contributed by atoms with Crippen molar-refractivity contribution in [2.75, 3.05) is 38.1 Å². The Bertz CT molecular complexity index is 741. The average molecular weight is 387 g/mol. The summed E-state index contributed by atoms with van der Waals surface area (Å²) in [5.41, 5.74) is 1.91. The summed E-state index contributed by atoms with van der Waals surface area (Å²) in [6.45, 7) is 8.20. The van der Waals surface area contributed by atoms with Crippen LogP contribution < -0.4 is 5.32 Å². The summed E-state index contributed by atoms with van der Waals surface area (Å²) >= 11 is 0. The number of anilines is 1. The van der Waals surface area contributed by atoms with E-state index in [1.807, 2.05) is 24.3 Å². The number of nitrogens with one attached hydrogen (secondary N) is 1. The number of benzene rings is 1. The van der Waals surface area contributed by atoms with Crippen LogP contribution in [0.5, 0.6) is 0 Å². The first kappa shape index (κ1) is 20.2. The smallest absolute Gasteiger partial charge is 0.409 e. The van der Waals surface area contributed by atoms with Gasteiger partial charge in [0.2, 0.25) is 11.8 Å². The van der Waals surface area contributed by atoms with E-state index in [2.05, 4.69) is 19.2 Å². The lowest BCUT2D eigenvalue weighted by atomic mass is 10.0. The maximum absolute atomic E-state index is 12.7. The van der Waals surface area contributed by atoms with Gasteiger partial charge in [-0.1, -0.05) is 32.0 Å². The van der Waals surface area contributed by atoms with Gasteiger partial charge in [-0.2, -0.15) is 0 Å². The highest BCUT2D eigenvalue weighted by molar-refractivity contribution is 6.00. The number of hydrogen-bond donors (Lipinski definition) is 1. The van der Waals surface area contributed by atoms with Gasteiger partial charge in [-0.15, -0.1) is 0 Å². The minimum atomic E-state index is -0.331. The van der Waals surface area contributed by atoms with Gasteiger partial charge < -0.3 is 19.9 Å². The molecule has 1 heterocycles. The van der Waals surface area contributed by atoms with Gasteiger partial charge in [-0.3, -0.25) is 9.59 Å². The third-order valence-corrected chi connectivity index (χ3v) is 5.40. The molecule has 1 aliphatic carbocycles. The van der Waals surface area contributed by atoms with Crippen LogP contribution in [0.1, 0.15) is 38.7 Å². The Balaban J connectivity index is 1.51. The predicted molar refractivity (Wildman–Crippen MR) is 106 cm³/mol. The third-order valence-electron chi connectivity index (χ3n) is 5.40. The molecule has 1 aliphatic heterocycles. The number of piperazine rings is 1. The zero-order valence-corrected chi connectivity index (χ0v) is 16.8. The molecule has 1 saturated heterocycles. The van der Waals surface area contributed by atoms with Gasteiger partial charge in [0.1, 0.15) is 0 Å². The van der Waals surface area contributed by atoms with Crippen molar-refractivity contribution in [2.24, 2.45) is 11.8 Å². The van der Waals surface area contributed by atoms with Crippen LogP contribution >= 0.6 is 0 Å². The summed E-state index contributed by atoms with van der Waals surface area (Å²) in [7, 11) is 0. The summed E-state index contributed by atoms with van der Waals surface area (Å²) in [6.07, 6.45) is 0.258. The topological polar surface area (TPSA) is 79.0 Å². The van der Waals surface area contributed by atoms with Crippen molar-refractivity contribution in [3.63, 3.8) is 0 Å². The van der Waals surface area contributed by atoms with Gasteiger partial charge in [-0.05, 0) is 30.9 Å². The Labute approximate surface area is 166 Å². The lowest BCUT2D eigenvalue weighted by Gasteiger charge is -2.34. The molecular weight excluding hydrogens is 358 g/mol. The molecule has 1 aromatic rings. The largest absolute Gasteiger partial charge is 0.450 e. The highest BCUT2D eigenvalue weighted by atomic mass is 16.6. The van der Waals surface area contributed by atoms with Crippen molar-refractivity contribution < 1.29 is 19.1 Å². The number of carbonyl (C=O) groups is 3. The Morgan fingerprint density at radius 1 is 1.07 bits per heavy atom. The SMILES string of the molecule is CCOC(=O)N1CCN(C(=O)C2CC2C(=O)Nc2ccccc2C(C)C)CC1. The van der Waals surface area contributed by atoms with Crippen molar-refractivity contribution in [1.29, 1.82) is 0 Å². The van der Waals surface area contributed by atoms with Gasteiger partial charge in [0.25, 0.3) is 0 Å². The normalized spacial score (nSPS) is 21.4. The van der Waals surface area contributed by atoms with E-state index in [0.29, 0.717) is 45.1 Å². The Morgan fingerprint density at radius 3 is 2.36 bits per heavy atom. The fourth-order valence-corrected chi connectivity index (χ4v) is 3.66. The molecule has 3 amide bonds. The fraction of sp³-hybridized carbons (Fsp3) is 0.571. The molecule has 1 aromatic carbocycles. The molecule has 2 unspecified atom stereocenters. The van der Waals surface area contributed by atoms with Crippen molar-refractivity contribution in [2.45, 2.75) is 33.1 Å². The fourth-order valence-electron chi connectivity index (χ4n) is 3.66. The van der Waals surface area contributed by atoms with E-state index in [-0.39, 0.29) is 29.7 Å². The lowest BCUT2D eigenvalue weighted by Crippen LogP contribution is -2.51. The second-order valence-electron chi connectivity index (χ2n) is 7.69. The van der Waals surface area contributed by atoms with Crippen LogP contribution in [0.15, 0.2) is 24.3 Å². The third kappa shape index (κ3) is 4.46. The van der Waals surface area contributed by atoms with E-state index in [0.717, 1.165) is 11.3 Å². The summed E-state index contributed by atoms with van der Waals surface area (Å²) in [5, 5.41) is 3.00. The summed E-state index contributed by atoms with van der Waals surface area (Å²) in [5.74, 6) is -0.280. The highest BCUT2D eigenvalue weighted by Crippen LogP contribution is 2.41. The van der Waals surface area contributed by atoms with E-state index in [9.17, 15) is 14.4 Å². The number of para-hydroxylation sites is 1. The minimum absolute atomic E-state index is 0.0146. The quantitative estimate of drug-likeness (QED) is 0.843. The summed E-state index contributed by atoms with van der Waals surface area (Å²) in [4.78, 5) is 40.5. The minimum Gasteiger partial charge on any atom is -0.450 e. The van der Waals surface area contributed by atoms with Crippen molar-refractivity contribution in [3.05, 3.63) is 29.8 Å². The van der Waals surface area contributed by atoms with Crippen LogP contribution in [0.4, 0.5) is 10.5 Å². The molecule has 0 spiro atoms. The van der Waals surface area contributed by atoms with Crippen LogP contribution in [0.2, 0.25) is 0 Å². The Morgan fingerprint density at radius 2 is 1.71 bits per heavy atom. The molecule has 1 saturated carbocycles. The second kappa shape index (κ2) is 8.63. The van der Waals surface area contributed by atoms with Crippen LogP contribution in [-0.4, -0.2) is 60.5 Å². The molecule has 152 valence electrons. The number of carbonyl (C=O) groups excluding carboxylic acids is 3. The predicted octanol–water partition coefficient (Wildman–Crippen LogP) is 2.69. The van der Waals surface area contributed by atoms with E-state index < -0.39 is 0 Å². The van der Waals surface area contributed by atoms with Crippen LogP contribution in [0.3, 0.4) is 0 Å². The number of ether oxygens (including phenoxy) is 1. The van der Waals surface area contributed by atoms with Crippen molar-refractivity contribution in [3.8, 4) is 0 Å². The zero-order valence-electron chi connectivity index (χ0n) is 16.8. The molecule has 7 nitrogen and oxygen atoms in total. The second-order valence-corrected chi connectivity index (χ2v) is 7.69. The van der Waals surface area contributed by atoms with Gasteiger partial charge in [0, 0.05) is 31.9 Å². The Kier molecular flexibility index (Phi) is 6.21. The first-order valence-corrected chi connectivity index (χ1v) is 10.0. The van der Waals surface area contributed by atoms with E-state index >= 15 is 0 Å². The maximum atomic E-state index is 12.7. The molecule has 3 rings (SSSR count). The number of rotatable bonds is 5. The first-order valence-electron chi connectivity index (χ1n) is 10.0. The standard InChI is InChI=1S/C21H29N3O4/c1-4-28-21(27)24-11-9-23(10-12-24)20(26)17-13-16(17)19(25)22-18-8-6-5-7-15(18)14(2)3/h5-8,14,16-17H,4,9-13H2,1-3H3,(H,22,25). The highest BCUT2D eigenvalue weighted by Gasteiger charge is 2.50. The zero-order chi connectivity index (χ0) is 20.3. The Hall–Kier alpha value is -2.57. The number of nitrogens with zero attached hydrogens (tertiary/aromatic N) is 2.